The Kier molecular flexibility index (Phi) is 9.22. The van der Waals surface area contributed by atoms with Crippen molar-refractivity contribution < 1.29 is 0 Å². The van der Waals surface area contributed by atoms with Crippen LogP contribution in [0.25, 0.3) is 77.9 Å². The molecule has 0 bridgehead atoms. The van der Waals surface area contributed by atoms with Crippen LogP contribution in [0.2, 0.25) is 0 Å². The average Bonchev–Trinajstić information content (AvgIpc) is 4.00. The van der Waals surface area contributed by atoms with E-state index in [0.717, 1.165) is 17.1 Å². The van der Waals surface area contributed by atoms with Crippen molar-refractivity contribution in [2.75, 3.05) is 4.90 Å². The lowest BCUT2D eigenvalue weighted by Crippen LogP contribution is -2.25. The summed E-state index contributed by atoms with van der Waals surface area (Å²) in [5, 5.41) is 0. The van der Waals surface area contributed by atoms with Crippen molar-refractivity contribution >= 4 is 17.1 Å². The maximum absolute atomic E-state index is 2.50. The minimum Gasteiger partial charge on any atom is -0.310 e. The molecule has 0 aromatic heterocycles. The maximum atomic E-state index is 2.50. The second-order valence-corrected chi connectivity index (χ2v) is 19.9. The lowest BCUT2D eigenvalue weighted by molar-refractivity contribution is 0.660. The van der Waals surface area contributed by atoms with Crippen molar-refractivity contribution in [2.45, 2.75) is 24.7 Å². The number of hydrogen-bond donors (Lipinski definition) is 0. The van der Waals surface area contributed by atoms with E-state index < -0.39 is 5.41 Å². The van der Waals surface area contributed by atoms with Gasteiger partial charge in [0, 0.05) is 22.4 Å². The van der Waals surface area contributed by atoms with E-state index in [9.17, 15) is 0 Å². The summed E-state index contributed by atoms with van der Waals surface area (Å²) in [5.41, 5.74) is 28.4. The van der Waals surface area contributed by atoms with Gasteiger partial charge >= 0.3 is 0 Å². The molecule has 1 heteroatoms. The number of benzene rings is 11. The average molecular weight is 904 g/mol. The van der Waals surface area contributed by atoms with Gasteiger partial charge in [-0.3, -0.25) is 0 Å². The third-order valence-corrected chi connectivity index (χ3v) is 15.9. The monoisotopic (exact) mass is 903 g/mol. The lowest BCUT2D eigenvalue weighted by Gasteiger charge is -2.31. The van der Waals surface area contributed by atoms with E-state index in [1.165, 1.54) is 111 Å². The fourth-order valence-corrected chi connectivity index (χ4v) is 12.7. The van der Waals surface area contributed by atoms with Crippen LogP contribution in [0.3, 0.4) is 0 Å². The number of nitrogens with zero attached hydrogens (tertiary/aromatic N) is 1. The Morgan fingerprint density at radius 3 is 1.32 bits per heavy atom. The van der Waals surface area contributed by atoms with Gasteiger partial charge in [0.15, 0.2) is 0 Å². The van der Waals surface area contributed by atoms with Gasteiger partial charge in [-0.25, -0.2) is 0 Å². The molecule has 0 radical (unpaired) electrons. The van der Waals surface area contributed by atoms with E-state index >= 15 is 0 Å². The van der Waals surface area contributed by atoms with Gasteiger partial charge in [0.25, 0.3) is 0 Å². The molecule has 0 N–H and O–H groups in total. The molecule has 11 aromatic carbocycles. The molecular weight excluding hydrogens is 855 g/mol. The van der Waals surface area contributed by atoms with Crippen LogP contribution < -0.4 is 4.90 Å². The number of rotatable bonds is 7. The molecule has 0 heterocycles. The van der Waals surface area contributed by atoms with Gasteiger partial charge in [0.05, 0.1) is 11.1 Å². The second-order valence-electron chi connectivity index (χ2n) is 19.9. The Balaban J connectivity index is 0.954. The smallest absolute Gasteiger partial charge is 0.0725 e. The van der Waals surface area contributed by atoms with Gasteiger partial charge in [0.1, 0.15) is 0 Å². The van der Waals surface area contributed by atoms with Gasteiger partial charge in [-0.2, -0.15) is 0 Å². The highest BCUT2D eigenvalue weighted by Crippen LogP contribution is 2.64. The molecular formula is C70H49N. The Hall–Kier alpha value is -8.78. The SMILES string of the molecule is CC1(C)c2ccc(N(c3ccc(-c4ccc(-c5ccccc5)cc4)cc3)c3ccccc3-c3cccc4c3-c3ccccc3C43c4ccccc4-c4ccccc43)cc2-c2ccc(-c3ccccc3)cc21. The van der Waals surface area contributed by atoms with E-state index in [1.807, 2.05) is 0 Å². The Labute approximate surface area is 416 Å². The van der Waals surface area contributed by atoms with Crippen molar-refractivity contribution in [3.05, 3.63) is 294 Å². The van der Waals surface area contributed by atoms with Gasteiger partial charge in [-0.05, 0) is 142 Å². The van der Waals surface area contributed by atoms with E-state index in [1.54, 1.807) is 0 Å². The van der Waals surface area contributed by atoms with Crippen LogP contribution in [-0.4, -0.2) is 0 Å². The molecule has 0 atom stereocenters. The summed E-state index contributed by atoms with van der Waals surface area (Å²) in [6.07, 6.45) is 0. The van der Waals surface area contributed by atoms with Crippen LogP contribution in [-0.2, 0) is 10.8 Å². The maximum Gasteiger partial charge on any atom is 0.0725 e. The van der Waals surface area contributed by atoms with E-state index in [0.29, 0.717) is 0 Å². The van der Waals surface area contributed by atoms with Crippen LogP contribution in [0.4, 0.5) is 17.1 Å². The van der Waals surface area contributed by atoms with E-state index in [4.69, 9.17) is 0 Å². The molecule has 334 valence electrons. The van der Waals surface area contributed by atoms with Crippen molar-refractivity contribution in [3.8, 4) is 77.9 Å². The quantitative estimate of drug-likeness (QED) is 0.154. The lowest BCUT2D eigenvalue weighted by atomic mass is 9.70. The zero-order chi connectivity index (χ0) is 47.3. The molecule has 71 heavy (non-hydrogen) atoms. The van der Waals surface area contributed by atoms with Crippen LogP contribution in [0.1, 0.15) is 47.2 Å². The van der Waals surface area contributed by atoms with Gasteiger partial charge in [0.2, 0.25) is 0 Å². The predicted octanol–water partition coefficient (Wildman–Crippen LogP) is 18.5. The van der Waals surface area contributed by atoms with Crippen LogP contribution in [0.5, 0.6) is 0 Å². The first-order chi connectivity index (χ1) is 35.0. The molecule has 0 aliphatic heterocycles. The minimum atomic E-state index is -0.431. The normalized spacial score (nSPS) is 13.7. The topological polar surface area (TPSA) is 3.24 Å². The summed E-state index contributed by atoms with van der Waals surface area (Å²) in [7, 11) is 0. The standard InChI is InChI=1S/C70H49N/c1-69(2)61-43-41-53(45-60(61)56-42-38-51(44-66(56)69)47-20-7-4-8-21-47)71(52-39-36-50(37-40-52)49-34-32-48(33-35-49)46-18-5-3-6-19-46)67-31-16-12-24-57(67)58-26-17-30-65-68(58)59-25-11-15-29-64(59)70(65)62-27-13-9-22-54(62)55-23-10-14-28-63(55)70/h3-45H,1-2H3. The highest BCUT2D eigenvalue weighted by atomic mass is 15.1. The first-order valence-corrected chi connectivity index (χ1v) is 24.9. The molecule has 0 fully saturated rings. The molecule has 1 spiro atoms. The summed E-state index contributed by atoms with van der Waals surface area (Å²) >= 11 is 0. The first-order valence-electron chi connectivity index (χ1n) is 24.9. The molecule has 3 aliphatic carbocycles. The fourth-order valence-electron chi connectivity index (χ4n) is 12.7. The summed E-state index contributed by atoms with van der Waals surface area (Å²) in [6, 6.07) is 97.2. The summed E-state index contributed by atoms with van der Waals surface area (Å²) in [4.78, 5) is 2.50. The molecule has 0 amide bonds. The third-order valence-electron chi connectivity index (χ3n) is 15.9. The highest BCUT2D eigenvalue weighted by Gasteiger charge is 2.52. The Morgan fingerprint density at radius 2 is 0.690 bits per heavy atom. The molecule has 11 aromatic rings. The highest BCUT2D eigenvalue weighted by molar-refractivity contribution is 6.03. The Morgan fingerprint density at radius 1 is 0.254 bits per heavy atom. The van der Waals surface area contributed by atoms with E-state index in [-0.39, 0.29) is 5.41 Å². The van der Waals surface area contributed by atoms with Crippen LogP contribution >= 0.6 is 0 Å². The van der Waals surface area contributed by atoms with Crippen molar-refractivity contribution in [3.63, 3.8) is 0 Å². The zero-order valence-corrected chi connectivity index (χ0v) is 39.8. The largest absolute Gasteiger partial charge is 0.310 e. The Bertz CT molecular complexity index is 3830. The van der Waals surface area contributed by atoms with Gasteiger partial charge in [-0.1, -0.05) is 238 Å². The fraction of sp³-hybridized carbons (Fsp3) is 0.0571. The minimum absolute atomic E-state index is 0.167. The third kappa shape index (κ3) is 6.13. The number of anilines is 3. The molecule has 14 rings (SSSR count). The number of hydrogen-bond acceptors (Lipinski definition) is 1. The molecule has 0 saturated heterocycles. The summed E-state index contributed by atoms with van der Waals surface area (Å²) in [5.74, 6) is 0. The molecule has 1 nitrogen and oxygen atoms in total. The second kappa shape index (κ2) is 15.9. The summed E-state index contributed by atoms with van der Waals surface area (Å²) < 4.78 is 0. The molecule has 3 aliphatic rings. The van der Waals surface area contributed by atoms with Crippen molar-refractivity contribution in [1.29, 1.82) is 0 Å². The number of fused-ring (bicyclic) bond motifs is 13. The van der Waals surface area contributed by atoms with E-state index in [2.05, 4.69) is 280 Å². The molecule has 0 saturated carbocycles. The molecule has 0 unspecified atom stereocenters. The zero-order valence-electron chi connectivity index (χ0n) is 39.8. The first kappa shape index (κ1) is 41.2. The van der Waals surface area contributed by atoms with Gasteiger partial charge < -0.3 is 4.90 Å². The van der Waals surface area contributed by atoms with Crippen LogP contribution in [0.15, 0.2) is 261 Å². The number of para-hydroxylation sites is 1. The van der Waals surface area contributed by atoms with Crippen molar-refractivity contribution in [1.82, 2.24) is 0 Å². The summed E-state index contributed by atoms with van der Waals surface area (Å²) in [6.45, 7) is 4.76. The van der Waals surface area contributed by atoms with Crippen LogP contribution in [0, 0.1) is 0 Å². The predicted molar refractivity (Wildman–Crippen MR) is 297 cm³/mol. The van der Waals surface area contributed by atoms with Gasteiger partial charge in [-0.15, -0.1) is 0 Å². The van der Waals surface area contributed by atoms with Crippen molar-refractivity contribution in [2.24, 2.45) is 0 Å².